The van der Waals surface area contributed by atoms with Gasteiger partial charge in [0.2, 0.25) is 0 Å². The van der Waals surface area contributed by atoms with E-state index in [0.29, 0.717) is 30.8 Å². The van der Waals surface area contributed by atoms with Gasteiger partial charge in [0.05, 0.1) is 6.42 Å². The fraction of sp³-hybridized carbons (Fsp3) is 0.600. The van der Waals surface area contributed by atoms with E-state index in [9.17, 15) is 18.3 Å². The molecular formula is C15H20F3N3O. The molecule has 122 valence electrons. The van der Waals surface area contributed by atoms with Crippen molar-refractivity contribution in [3.05, 3.63) is 28.8 Å². The monoisotopic (exact) mass is 315 g/mol. The molecule has 1 aromatic carbocycles. The Morgan fingerprint density at radius 1 is 1.45 bits per heavy atom. The Hall–Kier alpha value is -1.31. The lowest BCUT2D eigenvalue weighted by Gasteiger charge is -2.21. The number of alkyl halides is 3. The molecule has 2 heterocycles. The molecule has 2 aliphatic heterocycles. The molecule has 22 heavy (non-hydrogen) atoms. The number of hydrogen-bond acceptors (Lipinski definition) is 4. The molecule has 2 atom stereocenters. The predicted octanol–water partition coefficient (Wildman–Crippen LogP) is 1.86. The average molecular weight is 315 g/mol. The molecule has 0 bridgehead atoms. The van der Waals surface area contributed by atoms with Crippen LogP contribution in [0.1, 0.15) is 35.3 Å². The highest BCUT2D eigenvalue weighted by atomic mass is 19.4. The third kappa shape index (κ3) is 2.80. The van der Waals surface area contributed by atoms with Crippen LogP contribution in [0, 0.1) is 0 Å². The summed E-state index contributed by atoms with van der Waals surface area (Å²) in [5.41, 5.74) is 3.09. The molecule has 7 heteroatoms. The zero-order chi connectivity index (χ0) is 15.9. The Labute approximate surface area is 127 Å². The number of hydrogen-bond donors (Lipinski definition) is 3. The van der Waals surface area contributed by atoms with Gasteiger partial charge in [0.15, 0.2) is 0 Å². The number of nitrogens with one attached hydrogen (secondary N) is 2. The molecule has 0 aromatic heterocycles. The smallest absolute Gasteiger partial charge is 0.374 e. The van der Waals surface area contributed by atoms with Gasteiger partial charge in [-0.3, -0.25) is 5.32 Å². The van der Waals surface area contributed by atoms with Gasteiger partial charge in [0.25, 0.3) is 0 Å². The summed E-state index contributed by atoms with van der Waals surface area (Å²) in [6.07, 6.45) is -6.01. The van der Waals surface area contributed by atoms with E-state index in [0.717, 1.165) is 17.8 Å². The van der Waals surface area contributed by atoms with Crippen LogP contribution in [-0.2, 0) is 6.54 Å². The van der Waals surface area contributed by atoms with Crippen LogP contribution in [0.5, 0.6) is 0 Å². The second kappa shape index (κ2) is 5.72. The number of halogens is 3. The standard InChI is InChI=1S/C15H20F3N3O/c1-19-14(22)11-3-2-9-7-20-4-5-21-8-10(6-15(16,17)18)12(11)13(9)21/h2-3,10,14,19-20,22H,4-8H2,1H3. The van der Waals surface area contributed by atoms with Crippen LogP contribution in [0.4, 0.5) is 18.9 Å². The van der Waals surface area contributed by atoms with E-state index >= 15 is 0 Å². The maximum absolute atomic E-state index is 12.9. The molecule has 4 nitrogen and oxygen atoms in total. The zero-order valence-electron chi connectivity index (χ0n) is 12.4. The van der Waals surface area contributed by atoms with Crippen LogP contribution in [0.25, 0.3) is 0 Å². The summed E-state index contributed by atoms with van der Waals surface area (Å²) in [5, 5.41) is 16.1. The third-order valence-electron chi connectivity index (χ3n) is 4.42. The predicted molar refractivity (Wildman–Crippen MR) is 77.8 cm³/mol. The number of aliphatic hydroxyl groups excluding tert-OH is 1. The summed E-state index contributed by atoms with van der Waals surface area (Å²) in [5.74, 6) is -0.619. The maximum Gasteiger partial charge on any atom is 0.389 e. The van der Waals surface area contributed by atoms with Gasteiger partial charge in [0.1, 0.15) is 6.23 Å². The van der Waals surface area contributed by atoms with Crippen molar-refractivity contribution in [3.8, 4) is 0 Å². The topological polar surface area (TPSA) is 47.5 Å². The molecule has 0 aliphatic carbocycles. The van der Waals surface area contributed by atoms with Gasteiger partial charge in [-0.2, -0.15) is 13.2 Å². The summed E-state index contributed by atoms with van der Waals surface area (Å²) < 4.78 is 38.8. The van der Waals surface area contributed by atoms with Crippen LogP contribution < -0.4 is 15.5 Å². The summed E-state index contributed by atoms with van der Waals surface area (Å²) in [6.45, 7) is 2.44. The first-order valence-corrected chi connectivity index (χ1v) is 7.44. The average Bonchev–Trinajstić information content (AvgIpc) is 2.66. The molecule has 0 fully saturated rings. The lowest BCUT2D eigenvalue weighted by atomic mass is 9.90. The number of benzene rings is 1. The van der Waals surface area contributed by atoms with Crippen LogP contribution in [-0.4, -0.2) is 38.0 Å². The van der Waals surface area contributed by atoms with Crippen molar-refractivity contribution in [3.63, 3.8) is 0 Å². The van der Waals surface area contributed by atoms with E-state index in [1.807, 2.05) is 11.0 Å². The minimum atomic E-state index is -4.21. The van der Waals surface area contributed by atoms with Crippen molar-refractivity contribution in [2.75, 3.05) is 31.6 Å². The first-order valence-electron chi connectivity index (χ1n) is 7.44. The second-order valence-electron chi connectivity index (χ2n) is 5.91. The highest BCUT2D eigenvalue weighted by molar-refractivity contribution is 5.68. The molecule has 1 aromatic rings. The first-order chi connectivity index (χ1) is 10.4. The SMILES string of the molecule is CNC(O)c1ccc2c3c1C(CC(F)(F)F)CN3CCNC2. The number of anilines is 1. The fourth-order valence-electron chi connectivity index (χ4n) is 3.54. The van der Waals surface area contributed by atoms with Gasteiger partial charge in [-0.05, 0) is 18.2 Å². The van der Waals surface area contributed by atoms with Crippen LogP contribution >= 0.6 is 0 Å². The molecule has 2 aliphatic rings. The number of aliphatic hydroxyl groups is 1. The summed E-state index contributed by atoms with van der Waals surface area (Å²) >= 11 is 0. The molecule has 3 N–H and O–H groups in total. The normalized spacial score (nSPS) is 22.4. The van der Waals surface area contributed by atoms with Crippen molar-refractivity contribution < 1.29 is 18.3 Å². The van der Waals surface area contributed by atoms with Gasteiger partial charge >= 0.3 is 6.18 Å². The van der Waals surface area contributed by atoms with E-state index in [2.05, 4.69) is 10.6 Å². The van der Waals surface area contributed by atoms with Crippen molar-refractivity contribution in [2.45, 2.75) is 31.3 Å². The number of rotatable bonds is 3. The van der Waals surface area contributed by atoms with Crippen LogP contribution in [0.15, 0.2) is 12.1 Å². The van der Waals surface area contributed by atoms with Crippen molar-refractivity contribution in [1.82, 2.24) is 10.6 Å². The highest BCUT2D eigenvalue weighted by Crippen LogP contribution is 2.47. The largest absolute Gasteiger partial charge is 0.389 e. The van der Waals surface area contributed by atoms with Gasteiger partial charge < -0.3 is 15.3 Å². The number of nitrogens with zero attached hydrogens (tertiary/aromatic N) is 1. The Morgan fingerprint density at radius 2 is 2.23 bits per heavy atom. The summed E-state index contributed by atoms with van der Waals surface area (Å²) in [6, 6.07) is 3.64. The van der Waals surface area contributed by atoms with Crippen LogP contribution in [0.3, 0.4) is 0 Å². The summed E-state index contributed by atoms with van der Waals surface area (Å²) in [4.78, 5) is 2.02. The summed E-state index contributed by atoms with van der Waals surface area (Å²) in [7, 11) is 1.59. The van der Waals surface area contributed by atoms with Gasteiger partial charge in [0, 0.05) is 43.3 Å². The Bertz CT molecular complexity index is 562. The maximum atomic E-state index is 12.9. The molecule has 0 saturated heterocycles. The van der Waals surface area contributed by atoms with E-state index in [1.54, 1.807) is 13.1 Å². The molecule has 2 unspecified atom stereocenters. The lowest BCUT2D eigenvalue weighted by molar-refractivity contribution is -0.138. The molecule has 3 rings (SSSR count). The van der Waals surface area contributed by atoms with E-state index in [4.69, 9.17) is 0 Å². The zero-order valence-corrected chi connectivity index (χ0v) is 12.4. The van der Waals surface area contributed by atoms with Crippen molar-refractivity contribution in [1.29, 1.82) is 0 Å². The minimum absolute atomic E-state index is 0.358. The van der Waals surface area contributed by atoms with E-state index in [1.165, 1.54) is 0 Å². The molecule has 0 saturated carbocycles. The Balaban J connectivity index is 2.09. The van der Waals surface area contributed by atoms with E-state index in [-0.39, 0.29) is 0 Å². The fourth-order valence-corrected chi connectivity index (χ4v) is 3.54. The highest BCUT2D eigenvalue weighted by Gasteiger charge is 2.41. The molecule has 0 amide bonds. The quantitative estimate of drug-likeness (QED) is 0.745. The lowest BCUT2D eigenvalue weighted by Crippen LogP contribution is -2.29. The minimum Gasteiger partial charge on any atom is -0.374 e. The van der Waals surface area contributed by atoms with E-state index < -0.39 is 24.7 Å². The van der Waals surface area contributed by atoms with Crippen molar-refractivity contribution in [2.24, 2.45) is 0 Å². The first kappa shape index (κ1) is 15.6. The molecular weight excluding hydrogens is 295 g/mol. The van der Waals surface area contributed by atoms with Gasteiger partial charge in [-0.25, -0.2) is 0 Å². The Kier molecular flexibility index (Phi) is 4.05. The second-order valence-corrected chi connectivity index (χ2v) is 5.91. The molecule has 0 spiro atoms. The Morgan fingerprint density at radius 3 is 2.91 bits per heavy atom. The molecule has 0 radical (unpaired) electrons. The van der Waals surface area contributed by atoms with Gasteiger partial charge in [-0.15, -0.1) is 0 Å². The third-order valence-corrected chi connectivity index (χ3v) is 4.42. The van der Waals surface area contributed by atoms with Gasteiger partial charge in [-0.1, -0.05) is 12.1 Å². The van der Waals surface area contributed by atoms with Crippen molar-refractivity contribution >= 4 is 5.69 Å². The van der Waals surface area contributed by atoms with Crippen LogP contribution in [0.2, 0.25) is 0 Å².